The highest BCUT2D eigenvalue weighted by atomic mass is 35.5. The van der Waals surface area contributed by atoms with Crippen molar-refractivity contribution in [3.05, 3.63) is 99.8 Å². The van der Waals surface area contributed by atoms with Gasteiger partial charge in [0.05, 0.1) is 15.5 Å². The van der Waals surface area contributed by atoms with Crippen LogP contribution in [0.1, 0.15) is 32.6 Å². The molecule has 1 aromatic heterocycles. The number of terminal acetylenes is 1. The number of pyridine rings is 1. The molecule has 4 rings (SSSR count). The van der Waals surface area contributed by atoms with Crippen molar-refractivity contribution in [2.45, 2.75) is 32.0 Å². The summed E-state index contributed by atoms with van der Waals surface area (Å²) in [6.45, 7) is 4.41. The molecule has 0 fully saturated rings. The Morgan fingerprint density at radius 1 is 0.902 bits per heavy atom. The van der Waals surface area contributed by atoms with Crippen LogP contribution in [0.3, 0.4) is 0 Å². The maximum Gasteiger partial charge on any atom is 0.177 e. The lowest BCUT2D eigenvalue weighted by Crippen LogP contribution is -2.04. The molecule has 0 saturated carbocycles. The number of hydrogen-bond donors (Lipinski definition) is 0. The molecule has 0 aliphatic carbocycles. The fourth-order valence-corrected chi connectivity index (χ4v) is 5.10. The van der Waals surface area contributed by atoms with Crippen molar-refractivity contribution in [3.8, 4) is 40.7 Å². The van der Waals surface area contributed by atoms with Gasteiger partial charge in [0.1, 0.15) is 37.1 Å². The van der Waals surface area contributed by atoms with Crippen molar-refractivity contribution in [1.29, 1.82) is 0 Å². The maximum atomic E-state index is 11.9. The van der Waals surface area contributed by atoms with E-state index in [1.165, 1.54) is 24.5 Å². The number of aromatic nitrogens is 1. The van der Waals surface area contributed by atoms with Gasteiger partial charge in [-0.05, 0) is 59.9 Å². The molecule has 0 spiro atoms. The van der Waals surface area contributed by atoms with Crippen LogP contribution in [-0.2, 0) is 23.1 Å². The van der Waals surface area contributed by atoms with Crippen molar-refractivity contribution in [1.82, 2.24) is 4.98 Å². The van der Waals surface area contributed by atoms with Crippen molar-refractivity contribution in [3.63, 3.8) is 0 Å². The zero-order valence-electron chi connectivity index (χ0n) is 22.8. The highest BCUT2D eigenvalue weighted by molar-refractivity contribution is 7.90. The lowest BCUT2D eigenvalue weighted by Gasteiger charge is -2.17. The van der Waals surface area contributed by atoms with E-state index in [-0.39, 0.29) is 41.1 Å². The van der Waals surface area contributed by atoms with E-state index in [1.807, 2.05) is 50.2 Å². The molecule has 0 saturated heterocycles. The van der Waals surface area contributed by atoms with E-state index in [9.17, 15) is 13.2 Å². The van der Waals surface area contributed by atoms with Gasteiger partial charge in [0.25, 0.3) is 0 Å². The first-order valence-corrected chi connectivity index (χ1v) is 14.8. The third kappa shape index (κ3) is 7.07. The lowest BCUT2D eigenvalue weighted by atomic mass is 9.93. The average Bonchev–Trinajstić information content (AvgIpc) is 2.95. The largest absolute Gasteiger partial charge is 0.488 e. The Bertz CT molecular complexity index is 1740. The number of ether oxygens (including phenoxy) is 3. The van der Waals surface area contributed by atoms with E-state index in [1.54, 1.807) is 6.07 Å². The fraction of sp³-hybridized carbons (Fsp3) is 0.188. The first kappa shape index (κ1) is 29.7. The van der Waals surface area contributed by atoms with Crippen LogP contribution >= 0.6 is 11.6 Å². The number of carbonyl (C=O) groups is 1. The van der Waals surface area contributed by atoms with Crippen LogP contribution in [0.4, 0.5) is 0 Å². The molecule has 0 aliphatic heterocycles. The van der Waals surface area contributed by atoms with Crippen LogP contribution in [-0.4, -0.2) is 32.6 Å². The molecule has 210 valence electrons. The summed E-state index contributed by atoms with van der Waals surface area (Å²) in [6.07, 6.45) is 9.86. The third-order valence-electron chi connectivity index (χ3n) is 6.50. The summed E-state index contributed by atoms with van der Waals surface area (Å²) in [5, 5.41) is 0.253. The summed E-state index contributed by atoms with van der Waals surface area (Å²) in [4.78, 5) is 15.8. The summed E-state index contributed by atoms with van der Waals surface area (Å²) in [7, 11) is -3.43. The SMILES string of the molecule is C#CCOc1cccc(-c2cccc(COc3cc(OCc4cncc(S(C)(=O)=O)c4)c(C=O)cc3Cl)c2C)c1C. The number of sulfone groups is 1. The fourth-order valence-electron chi connectivity index (χ4n) is 4.25. The van der Waals surface area contributed by atoms with Crippen molar-refractivity contribution in [2.75, 3.05) is 12.9 Å². The molecule has 0 unspecified atom stereocenters. The molecule has 4 aromatic rings. The number of benzene rings is 3. The van der Waals surface area contributed by atoms with Crippen LogP contribution in [0, 0.1) is 26.2 Å². The van der Waals surface area contributed by atoms with Crippen molar-refractivity contribution >= 4 is 27.7 Å². The van der Waals surface area contributed by atoms with Crippen LogP contribution in [0.5, 0.6) is 17.2 Å². The second kappa shape index (κ2) is 12.9. The zero-order valence-corrected chi connectivity index (χ0v) is 24.4. The molecule has 1 heterocycles. The first-order chi connectivity index (χ1) is 19.6. The van der Waals surface area contributed by atoms with Gasteiger partial charge in [-0.25, -0.2) is 8.42 Å². The van der Waals surface area contributed by atoms with Gasteiger partial charge >= 0.3 is 0 Å². The minimum Gasteiger partial charge on any atom is -0.488 e. The van der Waals surface area contributed by atoms with Gasteiger partial charge in [-0.3, -0.25) is 9.78 Å². The Morgan fingerprint density at radius 3 is 2.32 bits per heavy atom. The van der Waals surface area contributed by atoms with Crippen LogP contribution in [0.2, 0.25) is 5.02 Å². The topological polar surface area (TPSA) is 91.8 Å². The van der Waals surface area contributed by atoms with Gasteiger partial charge in [0.2, 0.25) is 0 Å². The summed E-state index contributed by atoms with van der Waals surface area (Å²) >= 11 is 6.44. The maximum absolute atomic E-state index is 11.9. The predicted octanol–water partition coefficient (Wildman–Crippen LogP) is 6.40. The molecular weight excluding hydrogens is 562 g/mol. The average molecular weight is 590 g/mol. The Labute approximate surface area is 245 Å². The van der Waals surface area contributed by atoms with E-state index in [0.29, 0.717) is 17.6 Å². The quantitative estimate of drug-likeness (QED) is 0.147. The molecule has 7 nitrogen and oxygen atoms in total. The molecule has 0 atom stereocenters. The van der Waals surface area contributed by atoms with Crippen LogP contribution in [0.15, 0.2) is 71.9 Å². The van der Waals surface area contributed by atoms with Gasteiger partial charge in [-0.2, -0.15) is 0 Å². The van der Waals surface area contributed by atoms with Gasteiger partial charge in [0.15, 0.2) is 16.1 Å². The lowest BCUT2D eigenvalue weighted by molar-refractivity contribution is 0.111. The number of nitrogens with zero attached hydrogens (tertiary/aromatic N) is 1. The summed E-state index contributed by atoms with van der Waals surface area (Å²) < 4.78 is 41.3. The molecule has 0 N–H and O–H groups in total. The third-order valence-corrected chi connectivity index (χ3v) is 7.87. The van der Waals surface area contributed by atoms with E-state index in [0.717, 1.165) is 39.8 Å². The number of hydrogen-bond acceptors (Lipinski definition) is 7. The highest BCUT2D eigenvalue weighted by Gasteiger charge is 2.15. The highest BCUT2D eigenvalue weighted by Crippen LogP contribution is 2.36. The van der Waals surface area contributed by atoms with Crippen LogP contribution < -0.4 is 14.2 Å². The molecule has 41 heavy (non-hydrogen) atoms. The molecule has 0 aliphatic rings. The van der Waals surface area contributed by atoms with Crippen LogP contribution in [0.25, 0.3) is 11.1 Å². The molecular formula is C32H28ClNO6S. The summed E-state index contributed by atoms with van der Waals surface area (Å²) in [6, 6.07) is 16.3. The molecule has 9 heteroatoms. The minimum absolute atomic E-state index is 0.0110. The number of aldehydes is 1. The van der Waals surface area contributed by atoms with Gasteiger partial charge in [-0.15, -0.1) is 6.42 Å². The Morgan fingerprint density at radius 2 is 1.61 bits per heavy atom. The minimum atomic E-state index is -3.43. The smallest absolute Gasteiger partial charge is 0.177 e. The van der Waals surface area contributed by atoms with Gasteiger partial charge < -0.3 is 14.2 Å². The number of rotatable bonds is 11. The Kier molecular flexibility index (Phi) is 9.33. The number of halogens is 1. The normalized spacial score (nSPS) is 11.0. The zero-order chi connectivity index (χ0) is 29.6. The van der Waals surface area contributed by atoms with Crippen molar-refractivity contribution < 1.29 is 27.4 Å². The first-order valence-electron chi connectivity index (χ1n) is 12.6. The molecule has 0 bridgehead atoms. The van der Waals surface area contributed by atoms with Gasteiger partial charge in [0, 0.05) is 30.3 Å². The molecule has 0 radical (unpaired) electrons. The summed E-state index contributed by atoms with van der Waals surface area (Å²) in [5.41, 5.74) is 5.77. The van der Waals surface area contributed by atoms with E-state index in [4.69, 9.17) is 32.2 Å². The second-order valence-corrected chi connectivity index (χ2v) is 11.8. The van der Waals surface area contributed by atoms with E-state index >= 15 is 0 Å². The van der Waals surface area contributed by atoms with E-state index < -0.39 is 9.84 Å². The Hall–Kier alpha value is -4.32. The van der Waals surface area contributed by atoms with E-state index in [2.05, 4.69) is 10.9 Å². The summed E-state index contributed by atoms with van der Waals surface area (Å²) in [5.74, 6) is 3.80. The standard InChI is InChI=1S/C32H28ClNO6S/c1-5-12-38-30-11-7-10-28(22(30)3)27-9-6-8-24(21(27)2)20-40-32-15-31(25(18-35)14-29(32)33)39-19-23-13-26(17-34-16-23)41(4,36)37/h1,6-11,13-18H,12,19-20H2,2-4H3. The number of carbonyl (C=O) groups excluding carboxylic acids is 1. The predicted molar refractivity (Wildman–Crippen MR) is 159 cm³/mol. The molecule has 3 aromatic carbocycles. The Balaban J connectivity index is 1.55. The second-order valence-electron chi connectivity index (χ2n) is 9.33. The van der Waals surface area contributed by atoms with Gasteiger partial charge in [-0.1, -0.05) is 47.9 Å². The van der Waals surface area contributed by atoms with Crippen molar-refractivity contribution in [2.24, 2.45) is 0 Å². The monoisotopic (exact) mass is 589 g/mol. The molecule has 0 amide bonds.